The highest BCUT2D eigenvalue weighted by atomic mass is 35.5. The normalized spacial score (nSPS) is 10.6. The molecule has 1 aromatic carbocycles. The Morgan fingerprint density at radius 1 is 1.38 bits per heavy atom. The Hall–Kier alpha value is -1.48. The van der Waals surface area contributed by atoms with Crippen molar-refractivity contribution in [2.24, 2.45) is 0 Å². The van der Waals surface area contributed by atoms with E-state index in [4.69, 9.17) is 11.6 Å². The molecule has 0 saturated heterocycles. The van der Waals surface area contributed by atoms with E-state index in [0.29, 0.717) is 5.02 Å². The number of aromatic hydroxyl groups is 1. The van der Waals surface area contributed by atoms with Crippen molar-refractivity contribution in [3.8, 4) is 16.9 Å². The smallest absolute Gasteiger partial charge is 0.134 e. The van der Waals surface area contributed by atoms with Crippen LogP contribution < -0.4 is 0 Å². The van der Waals surface area contributed by atoms with Gasteiger partial charge in [-0.05, 0) is 24.1 Å². The van der Waals surface area contributed by atoms with Gasteiger partial charge in [0.1, 0.15) is 5.75 Å². The van der Waals surface area contributed by atoms with Crippen molar-refractivity contribution in [1.82, 2.24) is 9.78 Å². The standard InChI is InChI=1S/C12H13ClN2O/c1-2-5-15-8-10(7-14-15)9-3-4-11(13)12(16)6-9/h3-4,6-8,16H,2,5H2,1H3. The van der Waals surface area contributed by atoms with Gasteiger partial charge in [-0.3, -0.25) is 4.68 Å². The summed E-state index contributed by atoms with van der Waals surface area (Å²) in [4.78, 5) is 0. The molecule has 0 bridgehead atoms. The summed E-state index contributed by atoms with van der Waals surface area (Å²) in [6.45, 7) is 3.01. The molecule has 16 heavy (non-hydrogen) atoms. The molecule has 0 aliphatic carbocycles. The van der Waals surface area contributed by atoms with Crippen LogP contribution in [0.1, 0.15) is 13.3 Å². The lowest BCUT2D eigenvalue weighted by Gasteiger charge is -2.00. The third kappa shape index (κ3) is 2.19. The fourth-order valence-corrected chi connectivity index (χ4v) is 1.67. The van der Waals surface area contributed by atoms with Crippen LogP contribution in [0, 0.1) is 0 Å². The van der Waals surface area contributed by atoms with E-state index >= 15 is 0 Å². The third-order valence-corrected chi connectivity index (χ3v) is 2.69. The minimum Gasteiger partial charge on any atom is -0.506 e. The molecular formula is C12H13ClN2O. The number of halogens is 1. The molecule has 0 saturated carbocycles. The maximum absolute atomic E-state index is 9.51. The zero-order valence-corrected chi connectivity index (χ0v) is 9.78. The zero-order chi connectivity index (χ0) is 11.5. The van der Waals surface area contributed by atoms with Crippen molar-refractivity contribution in [1.29, 1.82) is 0 Å². The molecule has 4 heteroatoms. The predicted octanol–water partition coefficient (Wildman–Crippen LogP) is 3.32. The van der Waals surface area contributed by atoms with Crippen LogP contribution in [0.4, 0.5) is 0 Å². The van der Waals surface area contributed by atoms with Gasteiger partial charge >= 0.3 is 0 Å². The SMILES string of the molecule is CCCn1cc(-c2ccc(Cl)c(O)c2)cn1. The molecular weight excluding hydrogens is 224 g/mol. The molecule has 0 aliphatic rings. The second-order valence-corrected chi connectivity index (χ2v) is 4.07. The Morgan fingerprint density at radius 3 is 2.88 bits per heavy atom. The van der Waals surface area contributed by atoms with Crippen LogP contribution in [-0.4, -0.2) is 14.9 Å². The first-order valence-corrected chi connectivity index (χ1v) is 5.60. The summed E-state index contributed by atoms with van der Waals surface area (Å²) in [5.41, 5.74) is 1.91. The van der Waals surface area contributed by atoms with Gasteiger partial charge in [-0.2, -0.15) is 5.10 Å². The number of hydrogen-bond donors (Lipinski definition) is 1. The van der Waals surface area contributed by atoms with Gasteiger partial charge in [0.05, 0.1) is 11.2 Å². The summed E-state index contributed by atoms with van der Waals surface area (Å²) in [6, 6.07) is 5.20. The molecule has 84 valence electrons. The van der Waals surface area contributed by atoms with Crippen molar-refractivity contribution < 1.29 is 5.11 Å². The van der Waals surface area contributed by atoms with Crippen molar-refractivity contribution in [3.05, 3.63) is 35.6 Å². The summed E-state index contributed by atoms with van der Waals surface area (Å²) >= 11 is 5.75. The molecule has 0 spiro atoms. The average Bonchev–Trinajstić information content (AvgIpc) is 2.71. The highest BCUT2D eigenvalue weighted by Crippen LogP contribution is 2.29. The summed E-state index contributed by atoms with van der Waals surface area (Å²) in [7, 11) is 0. The zero-order valence-electron chi connectivity index (χ0n) is 9.02. The summed E-state index contributed by atoms with van der Waals surface area (Å²) < 4.78 is 1.89. The van der Waals surface area contributed by atoms with Crippen molar-refractivity contribution in [3.63, 3.8) is 0 Å². The fraction of sp³-hybridized carbons (Fsp3) is 0.250. The van der Waals surface area contributed by atoms with Crippen LogP contribution in [0.2, 0.25) is 5.02 Å². The quantitative estimate of drug-likeness (QED) is 0.888. The average molecular weight is 237 g/mol. The Bertz CT molecular complexity index is 494. The number of rotatable bonds is 3. The topological polar surface area (TPSA) is 38.0 Å². The number of aromatic nitrogens is 2. The molecule has 0 aliphatic heterocycles. The van der Waals surface area contributed by atoms with Crippen molar-refractivity contribution in [2.45, 2.75) is 19.9 Å². The molecule has 3 nitrogen and oxygen atoms in total. The number of phenolic OH excluding ortho intramolecular Hbond substituents is 1. The Labute approximate surface area is 99.3 Å². The second-order valence-electron chi connectivity index (χ2n) is 3.66. The Morgan fingerprint density at radius 2 is 2.19 bits per heavy atom. The lowest BCUT2D eigenvalue weighted by Crippen LogP contribution is -1.95. The van der Waals surface area contributed by atoms with E-state index in [2.05, 4.69) is 12.0 Å². The first kappa shape index (κ1) is 11.0. The van der Waals surface area contributed by atoms with Gasteiger partial charge in [0.15, 0.2) is 0 Å². The maximum atomic E-state index is 9.51. The summed E-state index contributed by atoms with van der Waals surface area (Å²) in [5.74, 6) is 0.0995. The molecule has 1 N–H and O–H groups in total. The van der Waals surface area contributed by atoms with E-state index in [1.807, 2.05) is 16.9 Å². The number of hydrogen-bond acceptors (Lipinski definition) is 2. The summed E-state index contributed by atoms with van der Waals surface area (Å²) in [5, 5.41) is 14.1. The van der Waals surface area contributed by atoms with Gasteiger partial charge < -0.3 is 5.11 Å². The fourth-order valence-electron chi connectivity index (χ4n) is 1.56. The van der Waals surface area contributed by atoms with Crippen molar-refractivity contribution in [2.75, 3.05) is 0 Å². The monoisotopic (exact) mass is 236 g/mol. The van der Waals surface area contributed by atoms with Crippen LogP contribution >= 0.6 is 11.6 Å². The van der Waals surface area contributed by atoms with Gasteiger partial charge in [-0.25, -0.2) is 0 Å². The minimum absolute atomic E-state index is 0.0995. The molecule has 0 unspecified atom stereocenters. The first-order valence-electron chi connectivity index (χ1n) is 5.22. The van der Waals surface area contributed by atoms with Crippen LogP contribution in [0.3, 0.4) is 0 Å². The van der Waals surface area contributed by atoms with E-state index < -0.39 is 0 Å². The van der Waals surface area contributed by atoms with Gasteiger partial charge in [-0.1, -0.05) is 24.6 Å². The molecule has 0 amide bonds. The van der Waals surface area contributed by atoms with Crippen LogP contribution in [0.5, 0.6) is 5.75 Å². The molecule has 1 aromatic heterocycles. The highest BCUT2D eigenvalue weighted by molar-refractivity contribution is 6.32. The number of benzene rings is 1. The van der Waals surface area contributed by atoms with E-state index in [9.17, 15) is 5.11 Å². The van der Waals surface area contributed by atoms with E-state index in [0.717, 1.165) is 24.1 Å². The van der Waals surface area contributed by atoms with Crippen LogP contribution in [-0.2, 0) is 6.54 Å². The van der Waals surface area contributed by atoms with Gasteiger partial charge in [0.25, 0.3) is 0 Å². The molecule has 1 heterocycles. The Balaban J connectivity index is 2.31. The second kappa shape index (κ2) is 4.58. The molecule has 0 fully saturated rings. The molecule has 2 rings (SSSR count). The lowest BCUT2D eigenvalue weighted by molar-refractivity contribution is 0.476. The largest absolute Gasteiger partial charge is 0.506 e. The lowest BCUT2D eigenvalue weighted by atomic mass is 10.1. The third-order valence-electron chi connectivity index (χ3n) is 2.37. The van der Waals surface area contributed by atoms with E-state index in [1.54, 1.807) is 18.3 Å². The highest BCUT2D eigenvalue weighted by Gasteiger charge is 2.04. The maximum Gasteiger partial charge on any atom is 0.134 e. The van der Waals surface area contributed by atoms with Crippen LogP contribution in [0.15, 0.2) is 30.6 Å². The number of nitrogens with zero attached hydrogens (tertiary/aromatic N) is 2. The van der Waals surface area contributed by atoms with E-state index in [-0.39, 0.29) is 5.75 Å². The number of phenols is 1. The predicted molar refractivity (Wildman–Crippen MR) is 64.6 cm³/mol. The Kier molecular flexibility index (Phi) is 3.15. The van der Waals surface area contributed by atoms with Crippen molar-refractivity contribution >= 4 is 11.6 Å². The molecule has 2 aromatic rings. The summed E-state index contributed by atoms with van der Waals surface area (Å²) in [6.07, 6.45) is 4.80. The first-order chi connectivity index (χ1) is 7.70. The van der Waals surface area contributed by atoms with E-state index in [1.165, 1.54) is 0 Å². The van der Waals surface area contributed by atoms with Gasteiger partial charge in [-0.15, -0.1) is 0 Å². The minimum atomic E-state index is 0.0995. The molecule has 0 radical (unpaired) electrons. The number of aryl methyl sites for hydroxylation is 1. The molecule has 0 atom stereocenters. The van der Waals surface area contributed by atoms with Gasteiger partial charge in [0, 0.05) is 18.3 Å². The van der Waals surface area contributed by atoms with Crippen LogP contribution in [0.25, 0.3) is 11.1 Å². The van der Waals surface area contributed by atoms with Gasteiger partial charge in [0.2, 0.25) is 0 Å².